The van der Waals surface area contributed by atoms with E-state index in [1.54, 1.807) is 7.05 Å². The highest BCUT2D eigenvalue weighted by atomic mass is 35.5. The molecule has 0 saturated carbocycles. The van der Waals surface area contributed by atoms with Crippen LogP contribution in [0.1, 0.15) is 28.3 Å². The summed E-state index contributed by atoms with van der Waals surface area (Å²) < 4.78 is 1.03. The average molecular weight is 376 g/mol. The molecule has 0 fully saturated rings. The Kier molecular flexibility index (Phi) is 4.69. The van der Waals surface area contributed by atoms with Crippen LogP contribution in [0.15, 0.2) is 42.5 Å². The second kappa shape index (κ2) is 6.78. The SMILES string of the molecule is C[C@H](c1nc2ccccc2s1)N(C)C(=O)c1ccc(Cl)cc1[N+](=O)[O-]. The molecule has 3 aromatic rings. The van der Waals surface area contributed by atoms with Gasteiger partial charge in [0.1, 0.15) is 10.6 Å². The first-order valence-corrected chi connectivity index (χ1v) is 8.64. The number of benzene rings is 2. The van der Waals surface area contributed by atoms with Crippen molar-refractivity contribution >= 4 is 44.7 Å². The number of amides is 1. The number of hydrogen-bond donors (Lipinski definition) is 0. The molecular formula is C17H14ClN3O3S. The first kappa shape index (κ1) is 17.3. The van der Waals surface area contributed by atoms with Crippen molar-refractivity contribution in [1.29, 1.82) is 0 Å². The highest BCUT2D eigenvalue weighted by Gasteiger charge is 2.27. The van der Waals surface area contributed by atoms with E-state index in [0.717, 1.165) is 15.2 Å². The Morgan fingerprint density at radius 3 is 2.72 bits per heavy atom. The van der Waals surface area contributed by atoms with Crippen LogP contribution in [0.5, 0.6) is 0 Å². The van der Waals surface area contributed by atoms with Crippen molar-refractivity contribution in [3.05, 3.63) is 68.2 Å². The number of fused-ring (bicyclic) bond motifs is 1. The van der Waals surface area contributed by atoms with E-state index in [-0.39, 0.29) is 22.3 Å². The monoisotopic (exact) mass is 375 g/mol. The molecule has 2 aromatic carbocycles. The van der Waals surface area contributed by atoms with E-state index in [1.807, 2.05) is 31.2 Å². The van der Waals surface area contributed by atoms with E-state index in [0.29, 0.717) is 0 Å². The molecule has 1 heterocycles. The fourth-order valence-electron chi connectivity index (χ4n) is 2.44. The van der Waals surface area contributed by atoms with E-state index in [4.69, 9.17) is 11.6 Å². The molecule has 0 spiro atoms. The number of carbonyl (C=O) groups is 1. The van der Waals surface area contributed by atoms with Crippen molar-refractivity contribution in [1.82, 2.24) is 9.88 Å². The number of aromatic nitrogens is 1. The van der Waals surface area contributed by atoms with E-state index in [2.05, 4.69) is 4.98 Å². The number of nitro groups is 1. The molecule has 0 unspecified atom stereocenters. The molecule has 128 valence electrons. The minimum Gasteiger partial charge on any atom is -0.332 e. The highest BCUT2D eigenvalue weighted by Crippen LogP contribution is 2.31. The molecule has 25 heavy (non-hydrogen) atoms. The number of thiazole rings is 1. The molecule has 1 aromatic heterocycles. The van der Waals surface area contributed by atoms with E-state index < -0.39 is 10.8 Å². The lowest BCUT2D eigenvalue weighted by Crippen LogP contribution is -2.30. The fourth-order valence-corrected chi connectivity index (χ4v) is 3.67. The number of carbonyl (C=O) groups excluding carboxylic acids is 1. The first-order valence-electron chi connectivity index (χ1n) is 7.45. The summed E-state index contributed by atoms with van der Waals surface area (Å²) in [5.74, 6) is -0.449. The Morgan fingerprint density at radius 1 is 1.32 bits per heavy atom. The zero-order valence-corrected chi connectivity index (χ0v) is 15.0. The predicted molar refractivity (Wildman–Crippen MR) is 98.2 cm³/mol. The van der Waals surface area contributed by atoms with Gasteiger partial charge in [-0.05, 0) is 31.2 Å². The molecule has 0 radical (unpaired) electrons. The Labute approximate surface area is 152 Å². The highest BCUT2D eigenvalue weighted by molar-refractivity contribution is 7.18. The van der Waals surface area contributed by atoms with Crippen molar-refractivity contribution in [3.8, 4) is 0 Å². The van der Waals surface area contributed by atoms with Crippen LogP contribution in [0.4, 0.5) is 5.69 Å². The summed E-state index contributed by atoms with van der Waals surface area (Å²) in [4.78, 5) is 29.4. The minimum absolute atomic E-state index is 0.00450. The Hall–Kier alpha value is -2.51. The lowest BCUT2D eigenvalue weighted by molar-refractivity contribution is -0.385. The van der Waals surface area contributed by atoms with Crippen molar-refractivity contribution in [2.75, 3.05) is 7.05 Å². The average Bonchev–Trinajstić information content (AvgIpc) is 3.03. The smallest absolute Gasteiger partial charge is 0.283 e. The number of nitrogens with zero attached hydrogens (tertiary/aromatic N) is 3. The normalized spacial score (nSPS) is 12.1. The minimum atomic E-state index is -0.602. The summed E-state index contributed by atoms with van der Waals surface area (Å²) in [6.07, 6.45) is 0. The summed E-state index contributed by atoms with van der Waals surface area (Å²) in [5, 5.41) is 12.2. The molecule has 0 N–H and O–H groups in total. The zero-order valence-electron chi connectivity index (χ0n) is 13.5. The molecule has 6 nitrogen and oxygen atoms in total. The Balaban J connectivity index is 1.93. The number of rotatable bonds is 4. The van der Waals surface area contributed by atoms with Gasteiger partial charge in [-0.15, -0.1) is 11.3 Å². The van der Waals surface area contributed by atoms with Gasteiger partial charge in [0.05, 0.1) is 21.2 Å². The summed E-state index contributed by atoms with van der Waals surface area (Å²) in [6, 6.07) is 11.4. The maximum absolute atomic E-state index is 12.8. The summed E-state index contributed by atoms with van der Waals surface area (Å²) in [6.45, 7) is 1.84. The lowest BCUT2D eigenvalue weighted by atomic mass is 10.1. The van der Waals surface area contributed by atoms with Crippen LogP contribution in [0, 0.1) is 10.1 Å². The standard InChI is InChI=1S/C17H14ClN3O3S/c1-10(16-19-13-5-3-4-6-15(13)25-16)20(2)17(22)12-8-7-11(18)9-14(12)21(23)24/h3-10H,1-2H3/t10-/m1/s1. The van der Waals surface area contributed by atoms with E-state index >= 15 is 0 Å². The van der Waals surface area contributed by atoms with Gasteiger partial charge in [0.2, 0.25) is 0 Å². The van der Waals surface area contributed by atoms with Gasteiger partial charge in [0.15, 0.2) is 0 Å². The third-order valence-electron chi connectivity index (χ3n) is 3.96. The second-order valence-corrected chi connectivity index (χ2v) is 7.03. The molecular weight excluding hydrogens is 362 g/mol. The number of hydrogen-bond acceptors (Lipinski definition) is 5. The van der Waals surface area contributed by atoms with E-state index in [9.17, 15) is 14.9 Å². The van der Waals surface area contributed by atoms with Crippen LogP contribution < -0.4 is 0 Å². The van der Waals surface area contributed by atoms with Gasteiger partial charge in [0.25, 0.3) is 11.6 Å². The van der Waals surface area contributed by atoms with Crippen LogP contribution in [-0.4, -0.2) is 27.8 Å². The molecule has 0 saturated heterocycles. The third-order valence-corrected chi connectivity index (χ3v) is 5.40. The van der Waals surface area contributed by atoms with Gasteiger partial charge in [-0.3, -0.25) is 14.9 Å². The number of para-hydroxylation sites is 1. The van der Waals surface area contributed by atoms with Gasteiger partial charge in [-0.2, -0.15) is 0 Å². The molecule has 1 atom stereocenters. The van der Waals surface area contributed by atoms with Gasteiger partial charge in [0, 0.05) is 18.1 Å². The van der Waals surface area contributed by atoms with Crippen LogP contribution >= 0.6 is 22.9 Å². The summed E-state index contributed by atoms with van der Waals surface area (Å²) in [7, 11) is 1.61. The van der Waals surface area contributed by atoms with Crippen molar-refractivity contribution in [2.45, 2.75) is 13.0 Å². The quantitative estimate of drug-likeness (QED) is 0.489. The molecule has 0 aliphatic heterocycles. The van der Waals surface area contributed by atoms with Crippen LogP contribution in [-0.2, 0) is 0 Å². The third kappa shape index (κ3) is 3.33. The first-order chi connectivity index (χ1) is 11.9. The van der Waals surface area contributed by atoms with Gasteiger partial charge in [-0.1, -0.05) is 23.7 Å². The number of nitro benzene ring substituents is 1. The maximum atomic E-state index is 12.8. The molecule has 0 aliphatic carbocycles. The summed E-state index contributed by atoms with van der Waals surface area (Å²) in [5.41, 5.74) is 0.568. The Morgan fingerprint density at radius 2 is 2.04 bits per heavy atom. The maximum Gasteiger partial charge on any atom is 0.283 e. The zero-order chi connectivity index (χ0) is 18.1. The van der Waals surface area contributed by atoms with Crippen LogP contribution in [0.3, 0.4) is 0 Å². The van der Waals surface area contributed by atoms with Crippen LogP contribution in [0.2, 0.25) is 5.02 Å². The van der Waals surface area contributed by atoms with Gasteiger partial charge >= 0.3 is 0 Å². The molecule has 0 aliphatic rings. The molecule has 8 heteroatoms. The van der Waals surface area contributed by atoms with E-state index in [1.165, 1.54) is 34.4 Å². The molecule has 3 rings (SSSR count). The Bertz CT molecular complexity index is 940. The van der Waals surface area contributed by atoms with Crippen molar-refractivity contribution in [3.63, 3.8) is 0 Å². The second-order valence-electron chi connectivity index (χ2n) is 5.53. The van der Waals surface area contributed by atoms with Gasteiger partial charge in [-0.25, -0.2) is 4.98 Å². The number of halogens is 1. The predicted octanol–water partition coefficient (Wildman–Crippen LogP) is 4.69. The topological polar surface area (TPSA) is 76.3 Å². The molecule has 0 bridgehead atoms. The van der Waals surface area contributed by atoms with Gasteiger partial charge < -0.3 is 4.90 Å². The molecule has 1 amide bonds. The largest absolute Gasteiger partial charge is 0.332 e. The fraction of sp³-hybridized carbons (Fsp3) is 0.176. The van der Waals surface area contributed by atoms with Crippen molar-refractivity contribution in [2.24, 2.45) is 0 Å². The van der Waals surface area contributed by atoms with Crippen LogP contribution in [0.25, 0.3) is 10.2 Å². The van der Waals surface area contributed by atoms with Crippen molar-refractivity contribution < 1.29 is 9.72 Å². The summed E-state index contributed by atoms with van der Waals surface area (Å²) >= 11 is 7.31. The lowest BCUT2D eigenvalue weighted by Gasteiger charge is -2.23.